The van der Waals surface area contributed by atoms with Crippen LogP contribution in [0.1, 0.15) is 5.56 Å². The van der Waals surface area contributed by atoms with Crippen molar-refractivity contribution in [3.05, 3.63) is 65.7 Å². The summed E-state index contributed by atoms with van der Waals surface area (Å²) in [7, 11) is 0. The number of nitrogens with two attached hydrogens (primary N) is 1. The van der Waals surface area contributed by atoms with Crippen molar-refractivity contribution < 1.29 is 0 Å². The van der Waals surface area contributed by atoms with Crippen LogP contribution < -0.4 is 5.73 Å². The Morgan fingerprint density at radius 2 is 1.86 bits per heavy atom. The zero-order valence-corrected chi connectivity index (χ0v) is 13.0. The quantitative estimate of drug-likeness (QED) is 0.549. The van der Waals surface area contributed by atoms with Crippen molar-refractivity contribution >= 4 is 22.0 Å². The van der Waals surface area contributed by atoms with Crippen LogP contribution in [0.15, 0.2) is 60.1 Å². The molecule has 0 spiro atoms. The molecule has 0 saturated carbocycles. The summed E-state index contributed by atoms with van der Waals surface area (Å²) in [5.74, 6) is 0. The third-order valence-electron chi connectivity index (χ3n) is 3.74. The predicted octanol–water partition coefficient (Wildman–Crippen LogP) is 4.62. The molecule has 4 rings (SSSR count). The number of nitrogen functional groups attached to an aromatic ring is 1. The lowest BCUT2D eigenvalue weighted by atomic mass is 10.1. The second-order valence-electron chi connectivity index (χ2n) is 5.39. The van der Waals surface area contributed by atoms with Crippen molar-refractivity contribution in [2.24, 2.45) is 0 Å². The van der Waals surface area contributed by atoms with Gasteiger partial charge in [-0.3, -0.25) is 4.40 Å². The summed E-state index contributed by atoms with van der Waals surface area (Å²) in [6.45, 7) is 2.10. The van der Waals surface area contributed by atoms with Crippen molar-refractivity contribution in [2.45, 2.75) is 6.92 Å². The molecule has 108 valence electrons. The number of thiazole rings is 1. The van der Waals surface area contributed by atoms with E-state index in [-0.39, 0.29) is 0 Å². The van der Waals surface area contributed by atoms with Crippen LogP contribution in [-0.2, 0) is 0 Å². The van der Waals surface area contributed by atoms with E-state index in [1.165, 1.54) is 16.8 Å². The van der Waals surface area contributed by atoms with Gasteiger partial charge < -0.3 is 5.73 Å². The molecular weight excluding hydrogens is 290 g/mol. The Labute approximate surface area is 132 Å². The van der Waals surface area contributed by atoms with Crippen LogP contribution in [0.2, 0.25) is 0 Å². The van der Waals surface area contributed by atoms with E-state index in [0.29, 0.717) is 0 Å². The standard InChI is InChI=1S/C18H15N3S/c1-12-5-7-13(8-6-12)17-11-22-18-20-16(10-21(17)18)14-3-2-4-15(19)9-14/h2-11H,19H2,1H3. The summed E-state index contributed by atoms with van der Waals surface area (Å²) in [5.41, 5.74) is 12.3. The third-order valence-corrected chi connectivity index (χ3v) is 4.58. The minimum atomic E-state index is 0.757. The fourth-order valence-electron chi connectivity index (χ4n) is 2.55. The minimum Gasteiger partial charge on any atom is -0.399 e. The van der Waals surface area contributed by atoms with Crippen molar-refractivity contribution in [3.63, 3.8) is 0 Å². The molecule has 4 heteroatoms. The van der Waals surface area contributed by atoms with Gasteiger partial charge in [-0.25, -0.2) is 4.98 Å². The normalized spacial score (nSPS) is 11.1. The van der Waals surface area contributed by atoms with E-state index in [1.54, 1.807) is 11.3 Å². The van der Waals surface area contributed by atoms with Crippen molar-refractivity contribution in [2.75, 3.05) is 5.73 Å². The molecule has 0 aliphatic heterocycles. The molecule has 0 amide bonds. The Morgan fingerprint density at radius 1 is 1.05 bits per heavy atom. The number of anilines is 1. The molecule has 22 heavy (non-hydrogen) atoms. The van der Waals surface area contributed by atoms with Crippen molar-refractivity contribution in [3.8, 4) is 22.5 Å². The maximum absolute atomic E-state index is 5.87. The molecule has 0 unspecified atom stereocenters. The molecule has 2 N–H and O–H groups in total. The van der Waals surface area contributed by atoms with E-state index in [4.69, 9.17) is 10.7 Å². The smallest absolute Gasteiger partial charge is 0.194 e. The van der Waals surface area contributed by atoms with Gasteiger partial charge in [-0.2, -0.15) is 0 Å². The highest BCUT2D eigenvalue weighted by Crippen LogP contribution is 2.29. The van der Waals surface area contributed by atoms with E-state index in [1.807, 2.05) is 24.3 Å². The van der Waals surface area contributed by atoms with E-state index < -0.39 is 0 Å². The van der Waals surface area contributed by atoms with E-state index in [2.05, 4.69) is 47.2 Å². The summed E-state index contributed by atoms with van der Waals surface area (Å²) in [6, 6.07) is 16.4. The first-order valence-electron chi connectivity index (χ1n) is 7.10. The lowest BCUT2D eigenvalue weighted by Gasteiger charge is -2.00. The van der Waals surface area contributed by atoms with Crippen LogP contribution in [0, 0.1) is 6.92 Å². The molecule has 0 aliphatic rings. The number of aryl methyl sites for hydroxylation is 1. The number of benzene rings is 2. The third kappa shape index (κ3) is 2.18. The second kappa shape index (κ2) is 5.00. The van der Waals surface area contributed by atoms with Gasteiger partial charge in [0.25, 0.3) is 0 Å². The highest BCUT2D eigenvalue weighted by molar-refractivity contribution is 7.15. The van der Waals surface area contributed by atoms with Gasteiger partial charge in [0.15, 0.2) is 4.96 Å². The van der Waals surface area contributed by atoms with Crippen LogP contribution in [0.3, 0.4) is 0 Å². The molecule has 4 aromatic rings. The van der Waals surface area contributed by atoms with Crippen LogP contribution in [0.25, 0.3) is 27.5 Å². The van der Waals surface area contributed by atoms with Gasteiger partial charge in [0.2, 0.25) is 0 Å². The number of nitrogens with zero attached hydrogens (tertiary/aromatic N) is 2. The number of hydrogen-bond donors (Lipinski definition) is 1. The van der Waals surface area contributed by atoms with Crippen LogP contribution >= 0.6 is 11.3 Å². The zero-order valence-electron chi connectivity index (χ0n) is 12.2. The van der Waals surface area contributed by atoms with E-state index >= 15 is 0 Å². The molecule has 0 saturated heterocycles. The van der Waals surface area contributed by atoms with Crippen LogP contribution in [0.5, 0.6) is 0 Å². The number of hydrogen-bond acceptors (Lipinski definition) is 3. The number of fused-ring (bicyclic) bond motifs is 1. The highest BCUT2D eigenvalue weighted by atomic mass is 32.1. The summed E-state index contributed by atoms with van der Waals surface area (Å²) in [6.07, 6.45) is 2.08. The Morgan fingerprint density at radius 3 is 2.64 bits per heavy atom. The maximum atomic E-state index is 5.87. The average molecular weight is 305 g/mol. The molecule has 0 bridgehead atoms. The van der Waals surface area contributed by atoms with Crippen molar-refractivity contribution in [1.82, 2.24) is 9.38 Å². The fraction of sp³-hybridized carbons (Fsp3) is 0.0556. The Bertz CT molecular complexity index is 948. The van der Waals surface area contributed by atoms with E-state index in [0.717, 1.165) is 21.9 Å². The number of imidazole rings is 1. The summed E-state index contributed by atoms with van der Waals surface area (Å²) >= 11 is 1.65. The monoisotopic (exact) mass is 305 g/mol. The van der Waals surface area contributed by atoms with Crippen LogP contribution in [0.4, 0.5) is 5.69 Å². The maximum Gasteiger partial charge on any atom is 0.194 e. The lowest BCUT2D eigenvalue weighted by Crippen LogP contribution is -1.85. The molecule has 2 heterocycles. The van der Waals surface area contributed by atoms with Gasteiger partial charge in [0.1, 0.15) is 0 Å². The fourth-order valence-corrected chi connectivity index (χ4v) is 3.44. The zero-order chi connectivity index (χ0) is 15.1. The van der Waals surface area contributed by atoms with Gasteiger partial charge in [0, 0.05) is 22.8 Å². The molecule has 0 fully saturated rings. The molecular formula is C18H15N3S. The van der Waals surface area contributed by atoms with Gasteiger partial charge >= 0.3 is 0 Å². The first kappa shape index (κ1) is 13.1. The molecule has 2 aromatic carbocycles. The van der Waals surface area contributed by atoms with Gasteiger partial charge in [-0.1, -0.05) is 42.0 Å². The predicted molar refractivity (Wildman–Crippen MR) is 93.1 cm³/mol. The van der Waals surface area contributed by atoms with Gasteiger partial charge in [-0.15, -0.1) is 11.3 Å². The molecule has 0 atom stereocenters. The molecule has 2 aromatic heterocycles. The van der Waals surface area contributed by atoms with Gasteiger partial charge in [0.05, 0.1) is 11.4 Å². The van der Waals surface area contributed by atoms with Gasteiger partial charge in [-0.05, 0) is 24.6 Å². The lowest BCUT2D eigenvalue weighted by molar-refractivity contribution is 1.23. The molecule has 0 radical (unpaired) electrons. The Hall–Kier alpha value is -2.59. The van der Waals surface area contributed by atoms with E-state index in [9.17, 15) is 0 Å². The molecule has 0 aliphatic carbocycles. The number of rotatable bonds is 2. The highest BCUT2D eigenvalue weighted by Gasteiger charge is 2.11. The summed E-state index contributed by atoms with van der Waals surface area (Å²) in [4.78, 5) is 5.71. The minimum absolute atomic E-state index is 0.757. The summed E-state index contributed by atoms with van der Waals surface area (Å²) < 4.78 is 2.15. The Kier molecular flexibility index (Phi) is 2.98. The van der Waals surface area contributed by atoms with Crippen molar-refractivity contribution in [1.29, 1.82) is 0 Å². The first-order chi connectivity index (χ1) is 10.7. The topological polar surface area (TPSA) is 43.3 Å². The second-order valence-corrected chi connectivity index (χ2v) is 6.23. The summed E-state index contributed by atoms with van der Waals surface area (Å²) in [5, 5.41) is 2.15. The number of aromatic nitrogens is 2. The largest absolute Gasteiger partial charge is 0.399 e. The first-order valence-corrected chi connectivity index (χ1v) is 7.98. The SMILES string of the molecule is Cc1ccc(-c2csc3nc(-c4cccc(N)c4)cn23)cc1. The average Bonchev–Trinajstić information content (AvgIpc) is 3.08. The molecule has 3 nitrogen and oxygen atoms in total. The van der Waals surface area contributed by atoms with Crippen LogP contribution in [-0.4, -0.2) is 9.38 Å². The Balaban J connectivity index is 1.84.